The van der Waals surface area contributed by atoms with Gasteiger partial charge in [0.1, 0.15) is 0 Å². The molecule has 0 radical (unpaired) electrons. The molecule has 0 aliphatic heterocycles. The van der Waals surface area contributed by atoms with Gasteiger partial charge in [-0.15, -0.1) is 0 Å². The van der Waals surface area contributed by atoms with Gasteiger partial charge in [0.25, 0.3) is 0 Å². The van der Waals surface area contributed by atoms with Gasteiger partial charge < -0.3 is 10.0 Å². The topological polar surface area (TPSA) is 53.4 Å². The molecule has 0 bridgehead atoms. The van der Waals surface area contributed by atoms with E-state index in [1.165, 1.54) is 38.3 Å². The number of nitrogens with zero attached hydrogens (tertiary/aromatic N) is 1. The number of hydrogen-bond acceptors (Lipinski definition) is 3. The van der Waals surface area contributed by atoms with Gasteiger partial charge in [-0.05, 0) is 24.3 Å². The molecule has 1 heterocycles. The summed E-state index contributed by atoms with van der Waals surface area (Å²) in [6.45, 7) is 0. The lowest BCUT2D eigenvalue weighted by atomic mass is 9.78. The third-order valence-electron chi connectivity index (χ3n) is 3.16. The average molecular weight is 205 g/mol. The predicted octanol–water partition coefficient (Wildman–Crippen LogP) is 0.809. The number of hydrogen-bond donors (Lipinski definition) is 2. The highest BCUT2D eigenvalue weighted by atomic mass is 16.4. The van der Waals surface area contributed by atoms with Gasteiger partial charge in [0, 0.05) is 17.9 Å². The summed E-state index contributed by atoms with van der Waals surface area (Å²) >= 11 is 0. The highest BCUT2D eigenvalue weighted by molar-refractivity contribution is 6.58. The molecule has 0 unspecified atom stereocenters. The van der Waals surface area contributed by atoms with Gasteiger partial charge in [0.05, 0.1) is 0 Å². The van der Waals surface area contributed by atoms with Crippen LogP contribution >= 0.6 is 0 Å². The zero-order valence-electron chi connectivity index (χ0n) is 8.76. The van der Waals surface area contributed by atoms with E-state index in [4.69, 9.17) is 10.0 Å². The molecule has 1 saturated carbocycles. The van der Waals surface area contributed by atoms with Crippen molar-refractivity contribution in [3.05, 3.63) is 24.0 Å². The molecule has 0 spiro atoms. The maximum Gasteiger partial charge on any atom is 0.490 e. The Morgan fingerprint density at radius 3 is 2.53 bits per heavy atom. The fourth-order valence-corrected chi connectivity index (χ4v) is 2.28. The minimum Gasteiger partial charge on any atom is -0.423 e. The summed E-state index contributed by atoms with van der Waals surface area (Å²) in [5.74, 6) is 0.560. The summed E-state index contributed by atoms with van der Waals surface area (Å²) in [5, 5.41) is 18.1. The molecule has 0 saturated heterocycles. The van der Waals surface area contributed by atoms with Gasteiger partial charge in [-0.2, -0.15) is 0 Å². The van der Waals surface area contributed by atoms with Crippen molar-refractivity contribution in [2.45, 2.75) is 38.0 Å². The van der Waals surface area contributed by atoms with Crippen molar-refractivity contribution in [3.8, 4) is 0 Å². The lowest BCUT2D eigenvalue weighted by Crippen LogP contribution is -2.30. The fourth-order valence-electron chi connectivity index (χ4n) is 2.28. The first-order chi connectivity index (χ1) is 7.27. The molecule has 1 aromatic heterocycles. The molecular formula is C11H16BNO2. The van der Waals surface area contributed by atoms with E-state index >= 15 is 0 Å². The molecule has 0 aromatic carbocycles. The van der Waals surface area contributed by atoms with Crippen molar-refractivity contribution < 1.29 is 10.0 Å². The van der Waals surface area contributed by atoms with Crippen molar-refractivity contribution in [2.75, 3.05) is 0 Å². The Kier molecular flexibility index (Phi) is 3.39. The second-order valence-corrected chi connectivity index (χ2v) is 4.26. The first-order valence-corrected chi connectivity index (χ1v) is 5.58. The predicted molar refractivity (Wildman–Crippen MR) is 59.9 cm³/mol. The van der Waals surface area contributed by atoms with Crippen molar-refractivity contribution in [1.29, 1.82) is 0 Å². The highest BCUT2D eigenvalue weighted by Crippen LogP contribution is 2.31. The van der Waals surface area contributed by atoms with Crippen molar-refractivity contribution in [3.63, 3.8) is 0 Å². The quantitative estimate of drug-likeness (QED) is 0.702. The maximum absolute atomic E-state index is 9.06. The van der Waals surface area contributed by atoms with Crippen LogP contribution in [0.4, 0.5) is 0 Å². The van der Waals surface area contributed by atoms with Gasteiger partial charge >= 0.3 is 7.12 Å². The van der Waals surface area contributed by atoms with E-state index in [9.17, 15) is 0 Å². The zero-order valence-corrected chi connectivity index (χ0v) is 8.76. The summed E-state index contributed by atoms with van der Waals surface area (Å²) in [6, 6.07) is 1.87. The Hall–Kier alpha value is -0.865. The molecule has 1 aliphatic rings. The first kappa shape index (κ1) is 10.6. The van der Waals surface area contributed by atoms with Crippen LogP contribution in [0.25, 0.3) is 0 Å². The molecule has 0 amide bonds. The minimum atomic E-state index is -1.40. The normalized spacial score (nSPS) is 17.7. The van der Waals surface area contributed by atoms with E-state index in [-0.39, 0.29) is 0 Å². The van der Waals surface area contributed by atoms with Crippen LogP contribution in [0.3, 0.4) is 0 Å². The van der Waals surface area contributed by atoms with Crippen LogP contribution in [0.15, 0.2) is 18.5 Å². The van der Waals surface area contributed by atoms with Gasteiger partial charge in [0.15, 0.2) is 0 Å². The molecule has 4 heteroatoms. The van der Waals surface area contributed by atoms with Crippen molar-refractivity contribution >= 4 is 12.6 Å². The maximum atomic E-state index is 9.06. The Balaban J connectivity index is 2.16. The SMILES string of the molecule is OB(O)c1cncc(C2CCCCC2)c1. The van der Waals surface area contributed by atoms with Crippen LogP contribution in [0.2, 0.25) is 0 Å². The van der Waals surface area contributed by atoms with E-state index < -0.39 is 7.12 Å². The van der Waals surface area contributed by atoms with E-state index in [1.807, 2.05) is 12.3 Å². The zero-order chi connectivity index (χ0) is 10.7. The molecule has 2 rings (SSSR count). The first-order valence-electron chi connectivity index (χ1n) is 5.58. The van der Waals surface area contributed by atoms with Crippen molar-refractivity contribution in [1.82, 2.24) is 4.98 Å². The number of rotatable bonds is 2. The molecule has 3 nitrogen and oxygen atoms in total. The molecule has 2 N–H and O–H groups in total. The van der Waals surface area contributed by atoms with Crippen molar-refractivity contribution in [2.24, 2.45) is 0 Å². The average Bonchev–Trinajstić information content (AvgIpc) is 2.30. The summed E-state index contributed by atoms with van der Waals surface area (Å²) in [4.78, 5) is 4.06. The van der Waals surface area contributed by atoms with Crippen LogP contribution < -0.4 is 5.46 Å². The summed E-state index contributed by atoms with van der Waals surface area (Å²) in [7, 11) is -1.40. The molecular weight excluding hydrogens is 189 g/mol. The molecule has 80 valence electrons. The molecule has 15 heavy (non-hydrogen) atoms. The minimum absolute atomic E-state index is 0.498. The number of aromatic nitrogens is 1. The van der Waals surface area contributed by atoms with E-state index in [2.05, 4.69) is 4.98 Å². The Bertz CT molecular complexity index is 324. The van der Waals surface area contributed by atoms with Crippen LogP contribution in [-0.2, 0) is 0 Å². The third-order valence-corrected chi connectivity index (χ3v) is 3.16. The smallest absolute Gasteiger partial charge is 0.423 e. The second-order valence-electron chi connectivity index (χ2n) is 4.26. The molecule has 0 atom stereocenters. The van der Waals surface area contributed by atoms with Gasteiger partial charge in [0.2, 0.25) is 0 Å². The molecule has 1 aromatic rings. The molecule has 1 fully saturated rings. The summed E-state index contributed by atoms with van der Waals surface area (Å²) in [5.41, 5.74) is 1.65. The molecule has 1 aliphatic carbocycles. The Morgan fingerprint density at radius 2 is 1.87 bits per heavy atom. The largest absolute Gasteiger partial charge is 0.490 e. The van der Waals surface area contributed by atoms with Crippen LogP contribution in [0.5, 0.6) is 0 Å². The third kappa shape index (κ3) is 2.58. The van der Waals surface area contributed by atoms with Gasteiger partial charge in [-0.3, -0.25) is 4.98 Å². The van der Waals surface area contributed by atoms with E-state index in [1.54, 1.807) is 0 Å². The van der Waals surface area contributed by atoms with Crippen LogP contribution in [0, 0.1) is 0 Å². The standard InChI is InChI=1S/C11H16BNO2/c14-12(15)11-6-10(7-13-8-11)9-4-2-1-3-5-9/h6-9,14-15H,1-5H2. The van der Waals surface area contributed by atoms with E-state index in [0.717, 1.165) is 5.56 Å². The van der Waals surface area contributed by atoms with Gasteiger partial charge in [-0.25, -0.2) is 0 Å². The summed E-state index contributed by atoms with van der Waals surface area (Å²) in [6.07, 6.45) is 9.64. The second kappa shape index (κ2) is 4.77. The lowest BCUT2D eigenvalue weighted by Gasteiger charge is -2.21. The Morgan fingerprint density at radius 1 is 1.13 bits per heavy atom. The lowest BCUT2D eigenvalue weighted by molar-refractivity contribution is 0.424. The number of pyridine rings is 1. The van der Waals surface area contributed by atoms with Crippen LogP contribution in [0.1, 0.15) is 43.6 Å². The monoisotopic (exact) mass is 205 g/mol. The fraction of sp³-hybridized carbons (Fsp3) is 0.545. The van der Waals surface area contributed by atoms with Crippen LogP contribution in [-0.4, -0.2) is 22.2 Å². The van der Waals surface area contributed by atoms with Gasteiger partial charge in [-0.1, -0.05) is 25.3 Å². The van der Waals surface area contributed by atoms with E-state index in [0.29, 0.717) is 11.4 Å². The Labute approximate surface area is 90.3 Å². The highest BCUT2D eigenvalue weighted by Gasteiger charge is 2.18. The summed E-state index contributed by atoms with van der Waals surface area (Å²) < 4.78 is 0.